The maximum Gasteiger partial charge on any atom is 2.00 e. The van der Waals surface area contributed by atoms with Crippen molar-refractivity contribution >= 4 is 10.4 Å². The Kier molecular flexibility index (Phi) is 23.0. The van der Waals surface area contributed by atoms with E-state index in [2.05, 4.69) is 0 Å². The van der Waals surface area contributed by atoms with E-state index in [4.69, 9.17) is 17.5 Å². The quantitative estimate of drug-likeness (QED) is 0.291. The topological polar surface area (TPSA) is 110 Å². The molecule has 0 rings (SSSR count). The smallest absolute Gasteiger partial charge is 0.870 e. The molecular weight excluding hydrogens is 241 g/mol. The van der Waals surface area contributed by atoms with Crippen LogP contribution in [-0.2, 0) is 46.9 Å². The predicted molar refractivity (Wildman–Crippen MR) is 12.4 cm³/mol. The Labute approximate surface area is 70.0 Å². The molecule has 0 saturated heterocycles. The van der Waals surface area contributed by atoms with Gasteiger partial charge in [-0.2, -0.15) is 0 Å². The molecule has 0 aromatic rings. The fourth-order valence-electron chi connectivity index (χ4n) is 0. The van der Waals surface area contributed by atoms with Crippen LogP contribution in [0, 0.1) is 0 Å². The van der Waals surface area contributed by atoms with Crippen LogP contribution in [-0.4, -0.2) is 23.0 Å². The molecule has 1 radical (unpaired) electrons. The molecule has 51 valence electrons. The van der Waals surface area contributed by atoms with Crippen LogP contribution in [0.15, 0.2) is 0 Å². The molecule has 0 aromatic heterocycles. The Morgan fingerprint density at radius 2 is 1.12 bits per heavy atom. The van der Waals surface area contributed by atoms with Crippen molar-refractivity contribution in [2.24, 2.45) is 0 Å². The molecule has 0 aliphatic heterocycles. The van der Waals surface area contributed by atoms with Crippen molar-refractivity contribution in [1.82, 2.24) is 0 Å². The SMILES string of the molecule is O=S(=O)([O-])[O-].[Cu].[OH-].[Zn+2]. The number of rotatable bonds is 0. The van der Waals surface area contributed by atoms with Gasteiger partial charge < -0.3 is 14.6 Å². The Morgan fingerprint density at radius 1 is 1.12 bits per heavy atom. The molecule has 0 saturated carbocycles. The minimum atomic E-state index is -5.17. The second kappa shape index (κ2) is 7.97. The molecule has 0 bridgehead atoms. The number of hydrogen-bond acceptors (Lipinski definition) is 5. The Morgan fingerprint density at radius 3 is 1.12 bits per heavy atom. The van der Waals surface area contributed by atoms with E-state index < -0.39 is 10.4 Å². The first kappa shape index (κ1) is 23.1. The summed E-state index contributed by atoms with van der Waals surface area (Å²) in [5, 5.41) is 0. The summed E-state index contributed by atoms with van der Waals surface area (Å²) in [6, 6.07) is 0. The molecule has 0 heterocycles. The standard InChI is InChI=1S/Cu.H2O4S.H2O.Zn/c;1-5(2,3)4;;/h;(H2,1,2,3,4);1H2;/q;;;+2/p-3. The van der Waals surface area contributed by atoms with Crippen molar-refractivity contribution in [3.63, 3.8) is 0 Å². The van der Waals surface area contributed by atoms with Crippen molar-refractivity contribution in [3.8, 4) is 0 Å². The Bertz CT molecular complexity index is 95.6. The first-order valence-corrected chi connectivity index (χ1v) is 2.00. The third kappa shape index (κ3) is 263. The van der Waals surface area contributed by atoms with Crippen molar-refractivity contribution in [1.29, 1.82) is 0 Å². The maximum absolute atomic E-state index is 8.52. The monoisotopic (exact) mass is 240 g/mol. The van der Waals surface area contributed by atoms with Crippen LogP contribution in [0.3, 0.4) is 0 Å². The van der Waals surface area contributed by atoms with Crippen molar-refractivity contribution in [2.45, 2.75) is 0 Å². The van der Waals surface area contributed by atoms with E-state index in [9.17, 15) is 0 Å². The molecule has 0 unspecified atom stereocenters. The molecule has 0 amide bonds. The molecule has 8 heavy (non-hydrogen) atoms. The number of hydrogen-bond donors (Lipinski definition) is 0. The normalized spacial score (nSPS) is 7.25. The molecule has 8 heteroatoms. The molecule has 0 aromatic carbocycles. The molecule has 0 fully saturated rings. The molecule has 0 atom stereocenters. The van der Waals surface area contributed by atoms with Crippen LogP contribution in [0.5, 0.6) is 0 Å². The van der Waals surface area contributed by atoms with Gasteiger partial charge >= 0.3 is 19.5 Å². The zero-order valence-electron chi connectivity index (χ0n) is 3.50. The van der Waals surface area contributed by atoms with Gasteiger partial charge in [-0.25, -0.2) is 0 Å². The summed E-state index contributed by atoms with van der Waals surface area (Å²) in [6.07, 6.45) is 0. The van der Waals surface area contributed by atoms with Gasteiger partial charge in [0.1, 0.15) is 0 Å². The fraction of sp³-hybridized carbons (Fsp3) is 0. The summed E-state index contributed by atoms with van der Waals surface area (Å²) in [5.74, 6) is 0. The molecule has 0 spiro atoms. The summed E-state index contributed by atoms with van der Waals surface area (Å²) >= 11 is 0. The van der Waals surface area contributed by atoms with Crippen LogP contribution in [0.1, 0.15) is 0 Å². The summed E-state index contributed by atoms with van der Waals surface area (Å²) < 4.78 is 34.1. The van der Waals surface area contributed by atoms with Gasteiger partial charge in [-0.3, -0.25) is 8.42 Å². The van der Waals surface area contributed by atoms with Crippen molar-refractivity contribution in [2.75, 3.05) is 0 Å². The van der Waals surface area contributed by atoms with Crippen LogP contribution in [0.4, 0.5) is 0 Å². The second-order valence-electron chi connectivity index (χ2n) is 0.408. The average Bonchev–Trinajstić information content (AvgIpc) is 0.722. The van der Waals surface area contributed by atoms with Gasteiger partial charge in [0.2, 0.25) is 0 Å². The van der Waals surface area contributed by atoms with Gasteiger partial charge in [0.15, 0.2) is 0 Å². The maximum atomic E-state index is 8.52. The summed E-state index contributed by atoms with van der Waals surface area (Å²) in [4.78, 5) is 0. The van der Waals surface area contributed by atoms with Crippen LogP contribution in [0.25, 0.3) is 0 Å². The first-order chi connectivity index (χ1) is 2.00. The summed E-state index contributed by atoms with van der Waals surface area (Å²) in [6.45, 7) is 0. The summed E-state index contributed by atoms with van der Waals surface area (Å²) in [7, 11) is -5.17. The average molecular weight is 242 g/mol. The van der Waals surface area contributed by atoms with Crippen molar-refractivity contribution < 1.29 is 59.5 Å². The fourth-order valence-corrected chi connectivity index (χ4v) is 0. The van der Waals surface area contributed by atoms with Gasteiger partial charge in [0.25, 0.3) is 0 Å². The molecule has 0 aliphatic carbocycles. The molecule has 5 nitrogen and oxygen atoms in total. The zero-order valence-corrected chi connectivity index (χ0v) is 8.22. The van der Waals surface area contributed by atoms with Crippen molar-refractivity contribution in [3.05, 3.63) is 0 Å². The van der Waals surface area contributed by atoms with Gasteiger partial charge in [0.05, 0.1) is 0 Å². The van der Waals surface area contributed by atoms with E-state index in [0.717, 1.165) is 0 Å². The van der Waals surface area contributed by atoms with Gasteiger partial charge in [-0.05, 0) is 0 Å². The van der Waals surface area contributed by atoms with E-state index in [-0.39, 0.29) is 42.0 Å². The van der Waals surface area contributed by atoms with E-state index >= 15 is 0 Å². The third-order valence-corrected chi connectivity index (χ3v) is 0. The van der Waals surface area contributed by atoms with E-state index in [1.165, 1.54) is 0 Å². The predicted octanol–water partition coefficient (Wildman–Crippen LogP) is -1.52. The van der Waals surface area contributed by atoms with Gasteiger partial charge in [-0.1, -0.05) is 0 Å². The van der Waals surface area contributed by atoms with Crippen LogP contribution in [0.2, 0.25) is 0 Å². The second-order valence-corrected chi connectivity index (χ2v) is 1.22. The van der Waals surface area contributed by atoms with Crippen LogP contribution < -0.4 is 0 Å². The zero-order chi connectivity index (χ0) is 4.50. The van der Waals surface area contributed by atoms with Gasteiger partial charge in [0, 0.05) is 27.5 Å². The summed E-state index contributed by atoms with van der Waals surface area (Å²) in [5.41, 5.74) is 0. The van der Waals surface area contributed by atoms with E-state index in [0.29, 0.717) is 0 Å². The van der Waals surface area contributed by atoms with E-state index in [1.807, 2.05) is 0 Å². The Hall–Kier alpha value is 0.973. The molecular formula is HCuO5SZn-. The first-order valence-electron chi connectivity index (χ1n) is 0.667. The minimum Gasteiger partial charge on any atom is -0.870 e. The molecule has 1 N–H and O–H groups in total. The van der Waals surface area contributed by atoms with Crippen LogP contribution >= 0.6 is 0 Å². The van der Waals surface area contributed by atoms with Gasteiger partial charge in [-0.15, -0.1) is 0 Å². The Balaban J connectivity index is -0.0000000267. The molecule has 0 aliphatic rings. The van der Waals surface area contributed by atoms with E-state index in [1.54, 1.807) is 0 Å². The third-order valence-electron chi connectivity index (χ3n) is 0. The largest absolute Gasteiger partial charge is 2.00 e. The minimum absolute atomic E-state index is 0.